The number of hydrogen-bond acceptors (Lipinski definition) is 6. The van der Waals surface area contributed by atoms with Crippen LogP contribution in [0.4, 0.5) is 5.82 Å². The molecule has 3 rings (SSSR count). The zero-order valence-electron chi connectivity index (χ0n) is 12.1. The van der Waals surface area contributed by atoms with Crippen LogP contribution in [0.15, 0.2) is 24.5 Å². The van der Waals surface area contributed by atoms with Crippen LogP contribution in [0.5, 0.6) is 5.88 Å². The SMILES string of the molecule is Cc1nc(OC(C)c2cccnc2N)c2cnn(C)c2n1. The van der Waals surface area contributed by atoms with E-state index in [9.17, 15) is 0 Å². The molecule has 0 radical (unpaired) electrons. The van der Waals surface area contributed by atoms with Crippen LogP contribution in [-0.4, -0.2) is 24.7 Å². The van der Waals surface area contributed by atoms with E-state index in [1.54, 1.807) is 17.1 Å². The van der Waals surface area contributed by atoms with Crippen molar-refractivity contribution in [2.45, 2.75) is 20.0 Å². The van der Waals surface area contributed by atoms with Gasteiger partial charge < -0.3 is 10.5 Å². The third-order valence-electron chi connectivity index (χ3n) is 3.27. The molecule has 0 aliphatic rings. The normalized spacial score (nSPS) is 12.5. The lowest BCUT2D eigenvalue weighted by Gasteiger charge is -2.16. The molecule has 2 N–H and O–H groups in total. The van der Waals surface area contributed by atoms with Gasteiger partial charge in [-0.05, 0) is 19.9 Å². The summed E-state index contributed by atoms with van der Waals surface area (Å²) in [5.41, 5.74) is 7.45. The van der Waals surface area contributed by atoms with Gasteiger partial charge in [0.25, 0.3) is 0 Å². The Morgan fingerprint density at radius 2 is 2.14 bits per heavy atom. The van der Waals surface area contributed by atoms with E-state index < -0.39 is 0 Å². The molecule has 0 aromatic carbocycles. The molecular formula is C14H16N6O. The van der Waals surface area contributed by atoms with Gasteiger partial charge in [-0.1, -0.05) is 6.07 Å². The highest BCUT2D eigenvalue weighted by Gasteiger charge is 2.16. The third-order valence-corrected chi connectivity index (χ3v) is 3.27. The predicted molar refractivity (Wildman–Crippen MR) is 78.7 cm³/mol. The summed E-state index contributed by atoms with van der Waals surface area (Å²) in [6.45, 7) is 3.73. The summed E-state index contributed by atoms with van der Waals surface area (Å²) in [4.78, 5) is 12.8. The van der Waals surface area contributed by atoms with Crippen molar-refractivity contribution in [3.8, 4) is 5.88 Å². The summed E-state index contributed by atoms with van der Waals surface area (Å²) in [7, 11) is 1.83. The van der Waals surface area contributed by atoms with Crippen LogP contribution in [0.3, 0.4) is 0 Å². The van der Waals surface area contributed by atoms with Crippen LogP contribution in [0.1, 0.15) is 24.4 Å². The molecular weight excluding hydrogens is 268 g/mol. The molecule has 0 spiro atoms. The number of anilines is 1. The summed E-state index contributed by atoms with van der Waals surface area (Å²) in [6.07, 6.45) is 3.08. The zero-order chi connectivity index (χ0) is 15.0. The molecule has 3 heterocycles. The molecule has 0 saturated heterocycles. The van der Waals surface area contributed by atoms with Crippen LogP contribution < -0.4 is 10.5 Å². The van der Waals surface area contributed by atoms with E-state index in [0.717, 1.165) is 16.6 Å². The first-order valence-electron chi connectivity index (χ1n) is 6.59. The number of nitrogens with zero attached hydrogens (tertiary/aromatic N) is 5. The Kier molecular flexibility index (Phi) is 3.17. The zero-order valence-corrected chi connectivity index (χ0v) is 12.1. The molecule has 0 bridgehead atoms. The molecule has 0 aliphatic heterocycles. The fraction of sp³-hybridized carbons (Fsp3) is 0.286. The van der Waals surface area contributed by atoms with Gasteiger partial charge in [0, 0.05) is 18.8 Å². The second-order valence-electron chi connectivity index (χ2n) is 4.82. The number of rotatable bonds is 3. The molecule has 1 atom stereocenters. The van der Waals surface area contributed by atoms with Crippen molar-refractivity contribution in [1.82, 2.24) is 24.7 Å². The first-order chi connectivity index (χ1) is 10.1. The number of nitrogen functional groups attached to an aromatic ring is 1. The Morgan fingerprint density at radius 1 is 1.33 bits per heavy atom. The smallest absolute Gasteiger partial charge is 0.228 e. The molecule has 3 aromatic heterocycles. The van der Waals surface area contributed by atoms with Crippen molar-refractivity contribution in [2.75, 3.05) is 5.73 Å². The minimum Gasteiger partial charge on any atom is -0.469 e. The van der Waals surface area contributed by atoms with Gasteiger partial charge in [0.05, 0.1) is 6.20 Å². The highest BCUT2D eigenvalue weighted by molar-refractivity contribution is 5.80. The van der Waals surface area contributed by atoms with Crippen molar-refractivity contribution in [3.63, 3.8) is 0 Å². The second-order valence-corrected chi connectivity index (χ2v) is 4.82. The van der Waals surface area contributed by atoms with E-state index in [4.69, 9.17) is 10.5 Å². The summed E-state index contributed by atoms with van der Waals surface area (Å²) in [6, 6.07) is 3.72. The first kappa shape index (κ1) is 13.3. The van der Waals surface area contributed by atoms with Crippen molar-refractivity contribution in [1.29, 1.82) is 0 Å². The molecule has 0 amide bonds. The second kappa shape index (κ2) is 5.01. The minimum atomic E-state index is -0.267. The van der Waals surface area contributed by atoms with E-state index in [1.165, 1.54) is 0 Å². The van der Waals surface area contributed by atoms with Gasteiger partial charge in [0.15, 0.2) is 5.65 Å². The van der Waals surface area contributed by atoms with E-state index in [-0.39, 0.29) is 6.10 Å². The average Bonchev–Trinajstić information content (AvgIpc) is 2.81. The van der Waals surface area contributed by atoms with Crippen molar-refractivity contribution in [3.05, 3.63) is 35.9 Å². The molecule has 108 valence electrons. The first-order valence-corrected chi connectivity index (χ1v) is 6.59. The van der Waals surface area contributed by atoms with Crippen LogP contribution in [-0.2, 0) is 7.05 Å². The maximum Gasteiger partial charge on any atom is 0.228 e. The quantitative estimate of drug-likeness (QED) is 0.788. The van der Waals surface area contributed by atoms with Crippen LogP contribution in [0.2, 0.25) is 0 Å². The van der Waals surface area contributed by atoms with Crippen molar-refractivity contribution < 1.29 is 4.74 Å². The topological polar surface area (TPSA) is 91.7 Å². The summed E-state index contributed by atoms with van der Waals surface area (Å²) in [5, 5.41) is 4.97. The van der Waals surface area contributed by atoms with Gasteiger partial charge in [-0.15, -0.1) is 0 Å². The Morgan fingerprint density at radius 3 is 2.90 bits per heavy atom. The predicted octanol–water partition coefficient (Wildman–Crippen LogP) is 1.79. The largest absolute Gasteiger partial charge is 0.469 e. The van der Waals surface area contributed by atoms with Crippen LogP contribution in [0, 0.1) is 6.92 Å². The summed E-state index contributed by atoms with van der Waals surface area (Å²) >= 11 is 0. The lowest BCUT2D eigenvalue weighted by Crippen LogP contribution is -2.09. The number of aryl methyl sites for hydroxylation is 2. The van der Waals surface area contributed by atoms with E-state index in [1.807, 2.05) is 33.0 Å². The fourth-order valence-corrected chi connectivity index (χ4v) is 2.19. The number of fused-ring (bicyclic) bond motifs is 1. The number of ether oxygens (including phenoxy) is 1. The van der Waals surface area contributed by atoms with Crippen molar-refractivity contribution >= 4 is 16.9 Å². The molecule has 7 nitrogen and oxygen atoms in total. The third kappa shape index (κ3) is 2.37. The Labute approximate surface area is 121 Å². The molecule has 1 unspecified atom stereocenters. The molecule has 7 heteroatoms. The average molecular weight is 284 g/mol. The number of aromatic nitrogens is 5. The van der Waals surface area contributed by atoms with E-state index in [2.05, 4.69) is 20.1 Å². The molecule has 0 aliphatic carbocycles. The van der Waals surface area contributed by atoms with E-state index in [0.29, 0.717) is 17.5 Å². The van der Waals surface area contributed by atoms with Gasteiger partial charge in [0.1, 0.15) is 23.1 Å². The maximum atomic E-state index is 5.96. The van der Waals surface area contributed by atoms with E-state index >= 15 is 0 Å². The maximum absolute atomic E-state index is 5.96. The Balaban J connectivity index is 2.00. The van der Waals surface area contributed by atoms with Gasteiger partial charge in [-0.25, -0.2) is 9.97 Å². The summed E-state index contributed by atoms with van der Waals surface area (Å²) in [5.74, 6) is 1.59. The van der Waals surface area contributed by atoms with Crippen molar-refractivity contribution in [2.24, 2.45) is 7.05 Å². The van der Waals surface area contributed by atoms with Gasteiger partial charge in [-0.3, -0.25) is 4.68 Å². The van der Waals surface area contributed by atoms with Gasteiger partial charge in [-0.2, -0.15) is 10.1 Å². The highest BCUT2D eigenvalue weighted by Crippen LogP contribution is 2.28. The molecule has 3 aromatic rings. The standard InChI is InChI=1S/C14H16N6O/c1-8(10-5-4-6-16-12(10)15)21-14-11-7-17-20(3)13(11)18-9(2)19-14/h4-8H,1-3H3,(H2,15,16). The lowest BCUT2D eigenvalue weighted by atomic mass is 10.1. The molecule has 0 saturated carbocycles. The highest BCUT2D eigenvalue weighted by atomic mass is 16.5. The Bertz CT molecular complexity index is 797. The fourth-order valence-electron chi connectivity index (χ4n) is 2.19. The number of nitrogens with two attached hydrogens (primary N) is 1. The Hall–Kier alpha value is -2.70. The summed E-state index contributed by atoms with van der Waals surface area (Å²) < 4.78 is 7.66. The molecule has 21 heavy (non-hydrogen) atoms. The minimum absolute atomic E-state index is 0.267. The van der Waals surface area contributed by atoms with Crippen LogP contribution in [0.25, 0.3) is 11.0 Å². The number of hydrogen-bond donors (Lipinski definition) is 1. The molecule has 0 fully saturated rings. The van der Waals surface area contributed by atoms with Gasteiger partial charge >= 0.3 is 0 Å². The monoisotopic (exact) mass is 284 g/mol. The lowest BCUT2D eigenvalue weighted by molar-refractivity contribution is 0.220. The number of pyridine rings is 1. The van der Waals surface area contributed by atoms with Gasteiger partial charge in [0.2, 0.25) is 5.88 Å². The van der Waals surface area contributed by atoms with Crippen LogP contribution >= 0.6 is 0 Å².